The SMILES string of the molecule is COc1cc(C)ccc1CNC(=O)CCc1nnc(CCC2(C)CCCCC2)n1C1CC1. The number of aromatic nitrogens is 3. The molecule has 0 saturated heterocycles. The summed E-state index contributed by atoms with van der Waals surface area (Å²) in [5.41, 5.74) is 2.59. The van der Waals surface area contributed by atoms with Crippen LogP contribution in [0.25, 0.3) is 0 Å². The van der Waals surface area contributed by atoms with Gasteiger partial charge in [0, 0.05) is 37.4 Å². The highest BCUT2D eigenvalue weighted by molar-refractivity contribution is 5.76. The largest absolute Gasteiger partial charge is 0.496 e. The molecule has 1 N–H and O–H groups in total. The molecule has 6 nitrogen and oxygen atoms in total. The Kier molecular flexibility index (Phi) is 7.17. The Morgan fingerprint density at radius 2 is 1.88 bits per heavy atom. The summed E-state index contributed by atoms with van der Waals surface area (Å²) in [5, 5.41) is 12.1. The molecule has 0 bridgehead atoms. The van der Waals surface area contributed by atoms with Gasteiger partial charge in [-0.2, -0.15) is 0 Å². The molecule has 0 atom stereocenters. The van der Waals surface area contributed by atoms with E-state index in [1.54, 1.807) is 7.11 Å². The predicted octanol–water partition coefficient (Wildman–Crippen LogP) is 5.08. The van der Waals surface area contributed by atoms with Crippen LogP contribution in [0.15, 0.2) is 18.2 Å². The van der Waals surface area contributed by atoms with Crippen LogP contribution in [0.5, 0.6) is 5.75 Å². The number of carbonyl (C=O) groups is 1. The number of aryl methyl sites for hydroxylation is 3. The van der Waals surface area contributed by atoms with Crippen molar-refractivity contribution in [3.05, 3.63) is 41.0 Å². The van der Waals surface area contributed by atoms with Gasteiger partial charge in [0.05, 0.1) is 7.11 Å². The van der Waals surface area contributed by atoms with Crippen LogP contribution in [0, 0.1) is 12.3 Å². The first-order valence-corrected chi connectivity index (χ1v) is 12.3. The molecule has 1 heterocycles. The third kappa shape index (κ3) is 5.70. The van der Waals surface area contributed by atoms with Gasteiger partial charge in [0.15, 0.2) is 0 Å². The maximum Gasteiger partial charge on any atom is 0.220 e. The van der Waals surface area contributed by atoms with Crippen molar-refractivity contribution >= 4 is 5.91 Å². The lowest BCUT2D eigenvalue weighted by molar-refractivity contribution is -0.121. The summed E-state index contributed by atoms with van der Waals surface area (Å²) in [4.78, 5) is 12.5. The number of amides is 1. The average molecular weight is 439 g/mol. The van der Waals surface area contributed by atoms with Gasteiger partial charge < -0.3 is 14.6 Å². The Balaban J connectivity index is 1.32. The van der Waals surface area contributed by atoms with E-state index in [2.05, 4.69) is 27.0 Å². The number of ether oxygens (including phenoxy) is 1. The van der Waals surface area contributed by atoms with E-state index in [-0.39, 0.29) is 5.91 Å². The molecule has 4 rings (SSSR count). The fourth-order valence-corrected chi connectivity index (χ4v) is 5.03. The molecule has 2 saturated carbocycles. The Morgan fingerprint density at radius 3 is 2.56 bits per heavy atom. The molecule has 32 heavy (non-hydrogen) atoms. The minimum atomic E-state index is 0.0363. The molecule has 0 spiro atoms. The zero-order valence-electron chi connectivity index (χ0n) is 20.0. The molecule has 1 amide bonds. The Bertz CT molecular complexity index is 926. The molecule has 2 aliphatic carbocycles. The van der Waals surface area contributed by atoms with Gasteiger partial charge in [0.2, 0.25) is 5.91 Å². The quantitative estimate of drug-likeness (QED) is 0.561. The monoisotopic (exact) mass is 438 g/mol. The average Bonchev–Trinajstić information content (AvgIpc) is 3.55. The van der Waals surface area contributed by atoms with Crippen molar-refractivity contribution in [1.29, 1.82) is 0 Å². The smallest absolute Gasteiger partial charge is 0.220 e. The molecule has 2 aliphatic rings. The zero-order chi connectivity index (χ0) is 22.6. The lowest BCUT2D eigenvalue weighted by atomic mass is 9.73. The first-order valence-electron chi connectivity index (χ1n) is 12.3. The van der Waals surface area contributed by atoms with Gasteiger partial charge in [-0.1, -0.05) is 38.3 Å². The van der Waals surface area contributed by atoms with E-state index in [0.29, 0.717) is 30.8 Å². The molecular formula is C26H38N4O2. The van der Waals surface area contributed by atoms with Crippen LogP contribution in [0.3, 0.4) is 0 Å². The number of rotatable bonds is 10. The van der Waals surface area contributed by atoms with Gasteiger partial charge in [0.1, 0.15) is 17.4 Å². The molecule has 0 radical (unpaired) electrons. The molecular weight excluding hydrogens is 400 g/mol. The highest BCUT2D eigenvalue weighted by Crippen LogP contribution is 2.41. The van der Waals surface area contributed by atoms with Gasteiger partial charge in [-0.3, -0.25) is 4.79 Å². The summed E-state index contributed by atoms with van der Waals surface area (Å²) in [6, 6.07) is 6.58. The summed E-state index contributed by atoms with van der Waals surface area (Å²) in [6.07, 6.45) is 12.4. The van der Waals surface area contributed by atoms with Crippen LogP contribution >= 0.6 is 0 Å². The second-order valence-electron chi connectivity index (χ2n) is 10.1. The van der Waals surface area contributed by atoms with Crippen LogP contribution in [0.1, 0.15) is 93.5 Å². The maximum absolute atomic E-state index is 12.5. The normalized spacial score (nSPS) is 17.8. The summed E-state index contributed by atoms with van der Waals surface area (Å²) in [5.74, 6) is 2.95. The van der Waals surface area contributed by atoms with E-state index in [4.69, 9.17) is 4.74 Å². The lowest BCUT2D eigenvalue weighted by Gasteiger charge is -2.33. The van der Waals surface area contributed by atoms with Crippen LogP contribution in [0.4, 0.5) is 0 Å². The van der Waals surface area contributed by atoms with E-state index in [0.717, 1.165) is 34.9 Å². The van der Waals surface area contributed by atoms with Gasteiger partial charge in [-0.15, -0.1) is 10.2 Å². The minimum Gasteiger partial charge on any atom is -0.496 e. The number of benzene rings is 1. The molecule has 2 fully saturated rings. The Labute approximate surface area is 192 Å². The second kappa shape index (κ2) is 10.1. The molecule has 1 aromatic heterocycles. The molecule has 0 unspecified atom stereocenters. The van der Waals surface area contributed by atoms with E-state index in [9.17, 15) is 4.79 Å². The van der Waals surface area contributed by atoms with Crippen molar-refractivity contribution in [2.24, 2.45) is 5.41 Å². The first-order chi connectivity index (χ1) is 15.5. The molecule has 0 aliphatic heterocycles. The number of nitrogens with one attached hydrogen (secondary N) is 1. The number of methoxy groups -OCH3 is 1. The van der Waals surface area contributed by atoms with Crippen molar-refractivity contribution in [3.63, 3.8) is 0 Å². The Hall–Kier alpha value is -2.37. The van der Waals surface area contributed by atoms with Crippen LogP contribution in [-0.2, 0) is 24.2 Å². The minimum absolute atomic E-state index is 0.0363. The van der Waals surface area contributed by atoms with Crippen LogP contribution in [0.2, 0.25) is 0 Å². The summed E-state index contributed by atoms with van der Waals surface area (Å²) in [7, 11) is 1.66. The zero-order valence-corrected chi connectivity index (χ0v) is 20.0. The number of nitrogens with zero attached hydrogens (tertiary/aromatic N) is 3. The highest BCUT2D eigenvalue weighted by atomic mass is 16.5. The van der Waals surface area contributed by atoms with E-state index >= 15 is 0 Å². The third-order valence-corrected chi connectivity index (χ3v) is 7.26. The maximum atomic E-state index is 12.5. The summed E-state index contributed by atoms with van der Waals surface area (Å²) < 4.78 is 7.79. The topological polar surface area (TPSA) is 69.0 Å². The number of hydrogen-bond donors (Lipinski definition) is 1. The fraction of sp³-hybridized carbons (Fsp3) is 0.654. The van der Waals surface area contributed by atoms with E-state index in [1.165, 1.54) is 51.4 Å². The highest BCUT2D eigenvalue weighted by Gasteiger charge is 2.31. The lowest BCUT2D eigenvalue weighted by Crippen LogP contribution is -2.24. The van der Waals surface area contributed by atoms with Crippen molar-refractivity contribution in [3.8, 4) is 5.75 Å². The molecule has 1 aromatic carbocycles. The molecule has 6 heteroatoms. The van der Waals surface area contributed by atoms with Gasteiger partial charge in [-0.25, -0.2) is 0 Å². The van der Waals surface area contributed by atoms with E-state index in [1.807, 2.05) is 25.1 Å². The fourth-order valence-electron chi connectivity index (χ4n) is 5.03. The van der Waals surface area contributed by atoms with Crippen molar-refractivity contribution in [1.82, 2.24) is 20.1 Å². The number of hydrogen-bond acceptors (Lipinski definition) is 4. The Morgan fingerprint density at radius 1 is 1.16 bits per heavy atom. The summed E-state index contributed by atoms with van der Waals surface area (Å²) >= 11 is 0. The van der Waals surface area contributed by atoms with Crippen LogP contribution in [-0.4, -0.2) is 27.8 Å². The van der Waals surface area contributed by atoms with E-state index < -0.39 is 0 Å². The second-order valence-corrected chi connectivity index (χ2v) is 10.1. The third-order valence-electron chi connectivity index (χ3n) is 7.26. The first kappa shape index (κ1) is 22.8. The van der Waals surface area contributed by atoms with Crippen molar-refractivity contribution in [2.75, 3.05) is 7.11 Å². The van der Waals surface area contributed by atoms with Gasteiger partial charge in [-0.05, 0) is 56.1 Å². The predicted molar refractivity (Wildman–Crippen MR) is 126 cm³/mol. The van der Waals surface area contributed by atoms with Crippen LogP contribution < -0.4 is 10.1 Å². The molecule has 174 valence electrons. The van der Waals surface area contributed by atoms with Gasteiger partial charge >= 0.3 is 0 Å². The van der Waals surface area contributed by atoms with Gasteiger partial charge in [0.25, 0.3) is 0 Å². The van der Waals surface area contributed by atoms with Crippen molar-refractivity contribution in [2.45, 2.75) is 97.1 Å². The standard InChI is InChI=1S/C26H38N4O2/c1-19-7-8-20(22(17-19)32-3)18-27-25(31)12-11-23-28-29-24(30(23)21-9-10-21)13-16-26(2)14-5-4-6-15-26/h7-8,17,21H,4-6,9-16,18H2,1-3H3,(H,27,31). The number of carbonyl (C=O) groups excluding carboxylic acids is 1. The molecule has 2 aromatic rings. The van der Waals surface area contributed by atoms with Crippen molar-refractivity contribution < 1.29 is 9.53 Å². The summed E-state index contributed by atoms with van der Waals surface area (Å²) in [6.45, 7) is 4.95.